The number of thiophene rings is 1. The van der Waals surface area contributed by atoms with Crippen LogP contribution in [0.4, 0.5) is 0 Å². The van der Waals surface area contributed by atoms with Gasteiger partial charge in [-0.05, 0) is 35.1 Å². The Kier molecular flexibility index (Phi) is 5.10. The first-order valence-corrected chi connectivity index (χ1v) is 8.36. The van der Waals surface area contributed by atoms with E-state index in [0.717, 1.165) is 18.4 Å². The predicted molar refractivity (Wildman–Crippen MR) is 88.9 cm³/mol. The highest BCUT2D eigenvalue weighted by Crippen LogP contribution is 2.16. The molecule has 0 bridgehead atoms. The van der Waals surface area contributed by atoms with Crippen molar-refractivity contribution in [3.05, 3.63) is 52.7 Å². The molecule has 2 aromatic heterocycles. The van der Waals surface area contributed by atoms with Crippen LogP contribution < -0.4 is 5.32 Å². The number of nitrogens with one attached hydrogen (secondary N) is 1. The summed E-state index contributed by atoms with van der Waals surface area (Å²) in [4.78, 5) is 13.2. The number of carbonyl (C=O) groups excluding carboxylic acids is 1. The largest absolute Gasteiger partial charge is 0.354 e. The molecular formula is C16H17N5OS. The van der Waals surface area contributed by atoms with E-state index in [0.29, 0.717) is 12.4 Å². The third kappa shape index (κ3) is 4.46. The summed E-state index contributed by atoms with van der Waals surface area (Å²) in [6.45, 7) is 0.724. The highest BCUT2D eigenvalue weighted by Gasteiger charge is 2.09. The fourth-order valence-electron chi connectivity index (χ4n) is 2.17. The van der Waals surface area contributed by atoms with E-state index < -0.39 is 0 Å². The molecule has 0 fully saturated rings. The van der Waals surface area contributed by atoms with Crippen LogP contribution in [0, 0.1) is 0 Å². The Morgan fingerprint density at radius 1 is 1.22 bits per heavy atom. The normalized spacial score (nSPS) is 10.6. The van der Waals surface area contributed by atoms with E-state index in [1.54, 1.807) is 11.3 Å². The van der Waals surface area contributed by atoms with Crippen molar-refractivity contribution in [3.8, 4) is 11.4 Å². The maximum absolute atomic E-state index is 11.9. The van der Waals surface area contributed by atoms with Crippen molar-refractivity contribution < 1.29 is 4.79 Å². The highest BCUT2D eigenvalue weighted by molar-refractivity contribution is 7.08. The zero-order valence-corrected chi connectivity index (χ0v) is 13.4. The van der Waals surface area contributed by atoms with E-state index in [-0.39, 0.29) is 12.5 Å². The minimum absolute atomic E-state index is 0.0858. The van der Waals surface area contributed by atoms with Crippen molar-refractivity contribution in [2.24, 2.45) is 0 Å². The fourth-order valence-corrected chi connectivity index (χ4v) is 2.80. The Bertz CT molecular complexity index is 739. The highest BCUT2D eigenvalue weighted by atomic mass is 32.1. The van der Waals surface area contributed by atoms with Gasteiger partial charge in [-0.1, -0.05) is 30.3 Å². The van der Waals surface area contributed by atoms with E-state index in [1.807, 2.05) is 35.0 Å². The van der Waals surface area contributed by atoms with Crippen molar-refractivity contribution in [1.29, 1.82) is 0 Å². The van der Waals surface area contributed by atoms with Gasteiger partial charge in [-0.25, -0.2) is 0 Å². The summed E-state index contributed by atoms with van der Waals surface area (Å²) >= 11 is 1.57. The van der Waals surface area contributed by atoms with Crippen molar-refractivity contribution in [3.63, 3.8) is 0 Å². The number of hydrogen-bond donors (Lipinski definition) is 1. The van der Waals surface area contributed by atoms with Crippen LogP contribution in [0.2, 0.25) is 0 Å². The van der Waals surface area contributed by atoms with Gasteiger partial charge in [0.15, 0.2) is 0 Å². The summed E-state index contributed by atoms with van der Waals surface area (Å²) in [7, 11) is 0. The minimum atomic E-state index is -0.104. The van der Waals surface area contributed by atoms with E-state index >= 15 is 0 Å². The third-order valence-corrected chi connectivity index (χ3v) is 4.01. The Morgan fingerprint density at radius 3 is 2.87 bits per heavy atom. The van der Waals surface area contributed by atoms with Gasteiger partial charge in [0.2, 0.25) is 11.7 Å². The van der Waals surface area contributed by atoms with Gasteiger partial charge in [-0.2, -0.15) is 16.1 Å². The Morgan fingerprint density at radius 2 is 2.09 bits per heavy atom. The van der Waals surface area contributed by atoms with Gasteiger partial charge < -0.3 is 5.32 Å². The maximum atomic E-state index is 11.9. The van der Waals surface area contributed by atoms with E-state index in [9.17, 15) is 4.79 Å². The third-order valence-electron chi connectivity index (χ3n) is 3.32. The smallest absolute Gasteiger partial charge is 0.243 e. The standard InChI is InChI=1S/C16H17N5OS/c22-15(17-9-4-7-13-5-2-1-3-6-13)11-21-19-16(18-20-21)14-8-10-23-12-14/h1-3,5-6,8,10,12H,4,7,9,11H2,(H,17,22). The molecule has 6 nitrogen and oxygen atoms in total. The van der Waals surface area contributed by atoms with Gasteiger partial charge in [-0.3, -0.25) is 4.79 Å². The first kappa shape index (κ1) is 15.4. The van der Waals surface area contributed by atoms with E-state index in [1.165, 1.54) is 10.4 Å². The molecule has 0 aliphatic heterocycles. The lowest BCUT2D eigenvalue weighted by atomic mass is 10.1. The van der Waals surface area contributed by atoms with Crippen LogP contribution in [0.5, 0.6) is 0 Å². The molecular weight excluding hydrogens is 310 g/mol. The molecule has 0 saturated carbocycles. The topological polar surface area (TPSA) is 72.7 Å². The molecule has 0 aliphatic carbocycles. The maximum Gasteiger partial charge on any atom is 0.243 e. The quantitative estimate of drug-likeness (QED) is 0.675. The number of hydrogen-bond acceptors (Lipinski definition) is 5. The van der Waals surface area contributed by atoms with Crippen molar-refractivity contribution in [1.82, 2.24) is 25.5 Å². The van der Waals surface area contributed by atoms with E-state index in [2.05, 4.69) is 32.9 Å². The lowest BCUT2D eigenvalue weighted by molar-refractivity contribution is -0.122. The fraction of sp³-hybridized carbons (Fsp3) is 0.250. The molecule has 1 N–H and O–H groups in total. The van der Waals surface area contributed by atoms with Crippen LogP contribution in [-0.2, 0) is 17.8 Å². The van der Waals surface area contributed by atoms with Crippen LogP contribution in [0.1, 0.15) is 12.0 Å². The molecule has 2 heterocycles. The Balaban J connectivity index is 1.41. The molecule has 0 atom stereocenters. The first-order valence-electron chi connectivity index (χ1n) is 7.42. The number of carbonyl (C=O) groups is 1. The van der Waals surface area contributed by atoms with Gasteiger partial charge in [0.1, 0.15) is 6.54 Å². The summed E-state index contributed by atoms with van der Waals surface area (Å²) in [6, 6.07) is 12.2. The molecule has 0 spiro atoms. The number of rotatable bonds is 7. The second-order valence-electron chi connectivity index (χ2n) is 5.09. The molecule has 0 aliphatic rings. The monoisotopic (exact) mass is 327 g/mol. The number of aryl methyl sites for hydroxylation is 1. The molecule has 7 heteroatoms. The van der Waals surface area contributed by atoms with Crippen molar-refractivity contribution in [2.75, 3.05) is 6.54 Å². The van der Waals surface area contributed by atoms with Crippen LogP contribution in [0.25, 0.3) is 11.4 Å². The lowest BCUT2D eigenvalue weighted by Crippen LogP contribution is -2.29. The van der Waals surface area contributed by atoms with Gasteiger partial charge >= 0.3 is 0 Å². The molecule has 118 valence electrons. The van der Waals surface area contributed by atoms with Gasteiger partial charge in [0.25, 0.3) is 0 Å². The number of nitrogens with zero attached hydrogens (tertiary/aromatic N) is 4. The van der Waals surface area contributed by atoms with Gasteiger partial charge in [-0.15, -0.1) is 10.2 Å². The van der Waals surface area contributed by atoms with Crippen molar-refractivity contribution >= 4 is 17.2 Å². The molecule has 0 radical (unpaired) electrons. The predicted octanol–water partition coefficient (Wildman–Crippen LogP) is 2.15. The molecule has 0 unspecified atom stereocenters. The van der Waals surface area contributed by atoms with Crippen LogP contribution in [0.3, 0.4) is 0 Å². The van der Waals surface area contributed by atoms with Crippen LogP contribution in [-0.4, -0.2) is 32.7 Å². The second kappa shape index (κ2) is 7.64. The number of aromatic nitrogens is 4. The molecule has 3 rings (SSSR count). The average Bonchev–Trinajstić information content (AvgIpc) is 3.24. The molecule has 1 aromatic carbocycles. The summed E-state index contributed by atoms with van der Waals surface area (Å²) < 4.78 is 0. The molecule has 3 aromatic rings. The number of benzene rings is 1. The Labute approximate surface area is 138 Å². The van der Waals surface area contributed by atoms with Gasteiger partial charge in [0, 0.05) is 17.5 Å². The van der Waals surface area contributed by atoms with Gasteiger partial charge in [0.05, 0.1) is 0 Å². The summed E-state index contributed by atoms with van der Waals surface area (Å²) in [6.07, 6.45) is 1.85. The molecule has 0 saturated heterocycles. The second-order valence-corrected chi connectivity index (χ2v) is 5.87. The minimum Gasteiger partial charge on any atom is -0.354 e. The molecule has 1 amide bonds. The zero-order chi connectivity index (χ0) is 15.9. The molecule has 23 heavy (non-hydrogen) atoms. The van der Waals surface area contributed by atoms with Crippen LogP contribution in [0.15, 0.2) is 47.2 Å². The Hall–Kier alpha value is -2.54. The lowest BCUT2D eigenvalue weighted by Gasteiger charge is -2.04. The zero-order valence-electron chi connectivity index (χ0n) is 12.6. The first-order chi connectivity index (χ1) is 11.3. The number of tetrazole rings is 1. The summed E-state index contributed by atoms with van der Waals surface area (Å²) in [5, 5.41) is 18.9. The van der Waals surface area contributed by atoms with E-state index in [4.69, 9.17) is 0 Å². The summed E-state index contributed by atoms with van der Waals surface area (Å²) in [5.41, 5.74) is 2.20. The average molecular weight is 327 g/mol. The summed E-state index contributed by atoms with van der Waals surface area (Å²) in [5.74, 6) is 0.440. The van der Waals surface area contributed by atoms with Crippen LogP contribution >= 0.6 is 11.3 Å². The number of amides is 1. The SMILES string of the molecule is O=C(Cn1nnc(-c2ccsc2)n1)NCCCc1ccccc1. The van der Waals surface area contributed by atoms with Crippen molar-refractivity contribution in [2.45, 2.75) is 19.4 Å².